The number of hydrogen-bond donors (Lipinski definition) is 0. The maximum absolute atomic E-state index is 13.2. The molecule has 0 aromatic heterocycles. The smallest absolute Gasteiger partial charge is 0.173 e. The lowest BCUT2D eigenvalue weighted by molar-refractivity contribution is 0.0907. The third-order valence-electron chi connectivity index (χ3n) is 3.26. The summed E-state index contributed by atoms with van der Waals surface area (Å²) in [5, 5.41) is 0. The topological polar surface area (TPSA) is 17.1 Å². The second-order valence-corrected chi connectivity index (χ2v) is 5.12. The van der Waals surface area contributed by atoms with Crippen LogP contribution >= 0.6 is 0 Å². The number of benzene rings is 2. The van der Waals surface area contributed by atoms with E-state index >= 15 is 0 Å². The molecule has 0 radical (unpaired) electrons. The highest BCUT2D eigenvalue weighted by atomic mass is 19.1. The molecule has 20 heavy (non-hydrogen) atoms. The standard InChI is InChI=1S/C16H13F3O/c1-16(2,11-3-5-12(17)6-4-11)15(20)10-7-13(18)9-14(19)8-10/h3-9H,1-2H3. The molecule has 4 heteroatoms. The SMILES string of the molecule is CC(C)(C(=O)c1cc(F)cc(F)c1)c1ccc(F)cc1. The summed E-state index contributed by atoms with van der Waals surface area (Å²) in [6.45, 7) is 3.26. The zero-order chi connectivity index (χ0) is 14.9. The van der Waals surface area contributed by atoms with E-state index in [2.05, 4.69) is 0 Å². The molecule has 0 bridgehead atoms. The van der Waals surface area contributed by atoms with Gasteiger partial charge in [-0.25, -0.2) is 13.2 Å². The molecule has 0 N–H and O–H groups in total. The van der Waals surface area contributed by atoms with Crippen molar-refractivity contribution in [2.75, 3.05) is 0 Å². The number of hydrogen-bond acceptors (Lipinski definition) is 1. The average Bonchev–Trinajstić information content (AvgIpc) is 2.37. The van der Waals surface area contributed by atoms with Crippen molar-refractivity contribution in [1.29, 1.82) is 0 Å². The Bertz CT molecular complexity index is 625. The van der Waals surface area contributed by atoms with Gasteiger partial charge in [0.1, 0.15) is 17.5 Å². The lowest BCUT2D eigenvalue weighted by atomic mass is 9.78. The van der Waals surface area contributed by atoms with Crippen LogP contribution in [0.25, 0.3) is 0 Å². The van der Waals surface area contributed by atoms with E-state index in [0.717, 1.165) is 12.1 Å². The first-order valence-electron chi connectivity index (χ1n) is 6.07. The lowest BCUT2D eigenvalue weighted by Crippen LogP contribution is -2.29. The first-order chi connectivity index (χ1) is 9.30. The van der Waals surface area contributed by atoms with Crippen LogP contribution in [-0.4, -0.2) is 5.78 Å². The first kappa shape index (κ1) is 14.3. The number of Topliss-reactive ketones (excluding diaryl/α,β-unsaturated/α-hetero) is 1. The van der Waals surface area contributed by atoms with Crippen molar-refractivity contribution in [3.05, 3.63) is 71.0 Å². The molecule has 0 heterocycles. The van der Waals surface area contributed by atoms with Crippen LogP contribution in [0.15, 0.2) is 42.5 Å². The van der Waals surface area contributed by atoms with Crippen LogP contribution < -0.4 is 0 Å². The van der Waals surface area contributed by atoms with Crippen molar-refractivity contribution in [3.8, 4) is 0 Å². The van der Waals surface area contributed by atoms with E-state index in [4.69, 9.17) is 0 Å². The Morgan fingerprint density at radius 1 is 0.850 bits per heavy atom. The molecule has 0 saturated heterocycles. The van der Waals surface area contributed by atoms with Crippen molar-refractivity contribution in [1.82, 2.24) is 0 Å². The molecular weight excluding hydrogens is 265 g/mol. The Balaban J connectivity index is 2.42. The summed E-state index contributed by atoms with van der Waals surface area (Å²) in [6, 6.07) is 8.17. The zero-order valence-corrected chi connectivity index (χ0v) is 11.1. The summed E-state index contributed by atoms with van der Waals surface area (Å²) in [6.07, 6.45) is 0. The van der Waals surface area contributed by atoms with E-state index in [1.54, 1.807) is 13.8 Å². The molecule has 2 aromatic rings. The highest BCUT2D eigenvalue weighted by Crippen LogP contribution is 2.28. The minimum absolute atomic E-state index is 0.0446. The first-order valence-corrected chi connectivity index (χ1v) is 6.07. The molecular formula is C16H13F3O. The average molecular weight is 278 g/mol. The Kier molecular flexibility index (Phi) is 3.66. The quantitative estimate of drug-likeness (QED) is 0.766. The molecule has 0 unspecified atom stereocenters. The summed E-state index contributed by atoms with van der Waals surface area (Å²) in [7, 11) is 0. The fraction of sp³-hybridized carbons (Fsp3) is 0.188. The molecule has 2 aromatic carbocycles. The van der Waals surface area contributed by atoms with Gasteiger partial charge in [0.15, 0.2) is 5.78 Å². The molecule has 1 nitrogen and oxygen atoms in total. The predicted molar refractivity (Wildman–Crippen MR) is 70.1 cm³/mol. The monoisotopic (exact) mass is 278 g/mol. The highest BCUT2D eigenvalue weighted by molar-refractivity contribution is 6.03. The fourth-order valence-electron chi connectivity index (χ4n) is 2.04. The molecule has 0 saturated carbocycles. The van der Waals surface area contributed by atoms with Gasteiger partial charge in [0.25, 0.3) is 0 Å². The van der Waals surface area contributed by atoms with E-state index in [9.17, 15) is 18.0 Å². The second kappa shape index (κ2) is 5.12. The fourth-order valence-corrected chi connectivity index (χ4v) is 2.04. The third-order valence-corrected chi connectivity index (χ3v) is 3.26. The van der Waals surface area contributed by atoms with Crippen LogP contribution in [-0.2, 0) is 5.41 Å². The van der Waals surface area contributed by atoms with Gasteiger partial charge in [0.2, 0.25) is 0 Å². The van der Waals surface area contributed by atoms with E-state index in [1.165, 1.54) is 24.3 Å². The summed E-state index contributed by atoms with van der Waals surface area (Å²) < 4.78 is 39.3. The summed E-state index contributed by atoms with van der Waals surface area (Å²) in [4.78, 5) is 12.4. The number of rotatable bonds is 3. The summed E-state index contributed by atoms with van der Waals surface area (Å²) >= 11 is 0. The van der Waals surface area contributed by atoms with Gasteiger partial charge >= 0.3 is 0 Å². The van der Waals surface area contributed by atoms with Crippen LogP contribution in [0.4, 0.5) is 13.2 Å². The van der Waals surface area contributed by atoms with Gasteiger partial charge in [0.05, 0.1) is 5.41 Å². The number of ketones is 1. The van der Waals surface area contributed by atoms with Gasteiger partial charge in [-0.15, -0.1) is 0 Å². The maximum Gasteiger partial charge on any atom is 0.173 e. The van der Waals surface area contributed by atoms with Gasteiger partial charge in [-0.2, -0.15) is 0 Å². The van der Waals surface area contributed by atoms with E-state index in [-0.39, 0.29) is 5.56 Å². The van der Waals surface area contributed by atoms with Crippen molar-refractivity contribution in [3.63, 3.8) is 0 Å². The molecule has 0 aliphatic carbocycles. The predicted octanol–water partition coefficient (Wildman–Crippen LogP) is 4.26. The molecule has 0 aliphatic heterocycles. The normalized spacial score (nSPS) is 11.4. The largest absolute Gasteiger partial charge is 0.293 e. The molecule has 104 valence electrons. The third kappa shape index (κ3) is 2.74. The van der Waals surface area contributed by atoms with Gasteiger partial charge in [-0.1, -0.05) is 12.1 Å². The van der Waals surface area contributed by atoms with Gasteiger partial charge in [-0.05, 0) is 43.7 Å². The number of carbonyl (C=O) groups is 1. The molecule has 0 spiro atoms. The Hall–Kier alpha value is -2.10. The van der Waals surface area contributed by atoms with Crippen molar-refractivity contribution >= 4 is 5.78 Å². The van der Waals surface area contributed by atoms with Gasteiger partial charge in [0, 0.05) is 11.6 Å². The van der Waals surface area contributed by atoms with Crippen LogP contribution in [0.2, 0.25) is 0 Å². The Labute approximate surface area is 115 Å². The molecule has 0 amide bonds. The minimum atomic E-state index is -1.01. The molecule has 2 rings (SSSR count). The Morgan fingerprint density at radius 3 is 1.85 bits per heavy atom. The van der Waals surface area contributed by atoms with Crippen LogP contribution in [0.1, 0.15) is 29.8 Å². The van der Waals surface area contributed by atoms with Crippen molar-refractivity contribution in [2.45, 2.75) is 19.3 Å². The Morgan fingerprint density at radius 2 is 1.35 bits per heavy atom. The van der Waals surface area contributed by atoms with E-state index in [0.29, 0.717) is 11.6 Å². The lowest BCUT2D eigenvalue weighted by Gasteiger charge is -2.24. The molecule has 0 aliphatic rings. The number of carbonyl (C=O) groups excluding carboxylic acids is 1. The van der Waals surface area contributed by atoms with Crippen LogP contribution in [0, 0.1) is 17.5 Å². The summed E-state index contributed by atoms with van der Waals surface area (Å²) in [5.41, 5.74) is -0.473. The van der Waals surface area contributed by atoms with Crippen molar-refractivity contribution < 1.29 is 18.0 Å². The van der Waals surface area contributed by atoms with Crippen LogP contribution in [0.5, 0.6) is 0 Å². The summed E-state index contributed by atoms with van der Waals surface area (Å²) in [5.74, 6) is -2.44. The minimum Gasteiger partial charge on any atom is -0.293 e. The molecule has 0 atom stereocenters. The van der Waals surface area contributed by atoms with Crippen molar-refractivity contribution in [2.24, 2.45) is 0 Å². The maximum atomic E-state index is 13.2. The van der Waals surface area contributed by atoms with Gasteiger partial charge < -0.3 is 0 Å². The molecule has 0 fully saturated rings. The number of halogens is 3. The zero-order valence-electron chi connectivity index (χ0n) is 11.1. The van der Waals surface area contributed by atoms with Gasteiger partial charge in [-0.3, -0.25) is 4.79 Å². The van der Waals surface area contributed by atoms with Crippen LogP contribution in [0.3, 0.4) is 0 Å². The highest BCUT2D eigenvalue weighted by Gasteiger charge is 2.31. The van der Waals surface area contributed by atoms with E-state index in [1.807, 2.05) is 0 Å². The van der Waals surface area contributed by atoms with E-state index < -0.39 is 28.6 Å². The second-order valence-electron chi connectivity index (χ2n) is 5.12.